The highest BCUT2D eigenvalue weighted by molar-refractivity contribution is 5.76. The number of hydrogen-bond acceptors (Lipinski definition) is 5. The molecule has 0 N–H and O–H groups in total. The molecular formula is C21H26N4O2. The van der Waals surface area contributed by atoms with Crippen molar-refractivity contribution in [1.29, 1.82) is 0 Å². The Balaban J connectivity index is 1.60. The Kier molecular flexibility index (Phi) is 5.07. The first-order valence-electron chi connectivity index (χ1n) is 9.57. The number of anilines is 1. The Labute approximate surface area is 160 Å². The van der Waals surface area contributed by atoms with Crippen molar-refractivity contribution in [2.75, 3.05) is 44.8 Å². The molecule has 0 saturated carbocycles. The van der Waals surface area contributed by atoms with E-state index in [0.717, 1.165) is 38.5 Å². The summed E-state index contributed by atoms with van der Waals surface area (Å²) in [7, 11) is 1.64. The summed E-state index contributed by atoms with van der Waals surface area (Å²) in [6, 6.07) is 12.6. The molecule has 2 fully saturated rings. The third-order valence-electron chi connectivity index (χ3n) is 6.02. The fourth-order valence-corrected chi connectivity index (χ4v) is 4.60. The Hall–Kier alpha value is -2.47. The summed E-state index contributed by atoms with van der Waals surface area (Å²) in [5.41, 5.74) is 1.40. The van der Waals surface area contributed by atoms with Gasteiger partial charge in [-0.05, 0) is 18.1 Å². The number of amides is 1. The minimum absolute atomic E-state index is 0.0402. The zero-order valence-corrected chi connectivity index (χ0v) is 15.8. The molecule has 2 aromatic rings. The molecule has 0 bridgehead atoms. The molecule has 2 atom stereocenters. The normalized spacial score (nSPS) is 24.7. The lowest BCUT2D eigenvalue weighted by Crippen LogP contribution is -2.51. The van der Waals surface area contributed by atoms with Crippen LogP contribution in [0.2, 0.25) is 0 Å². The second kappa shape index (κ2) is 7.64. The van der Waals surface area contributed by atoms with E-state index >= 15 is 0 Å². The van der Waals surface area contributed by atoms with Crippen LogP contribution < -0.4 is 4.90 Å². The molecule has 27 heavy (non-hydrogen) atoms. The van der Waals surface area contributed by atoms with E-state index in [9.17, 15) is 4.79 Å². The topological polar surface area (TPSA) is 58.6 Å². The van der Waals surface area contributed by atoms with Crippen molar-refractivity contribution in [3.05, 3.63) is 54.4 Å². The number of fused-ring (bicyclic) bond motifs is 1. The second-order valence-electron chi connectivity index (χ2n) is 7.48. The maximum atomic E-state index is 12.5. The Morgan fingerprint density at radius 1 is 1.19 bits per heavy atom. The molecule has 6 heteroatoms. The molecule has 0 radical (unpaired) electrons. The predicted octanol–water partition coefficient (Wildman–Crippen LogP) is 2.12. The van der Waals surface area contributed by atoms with Gasteiger partial charge in [0.05, 0.1) is 13.0 Å². The van der Waals surface area contributed by atoms with Crippen molar-refractivity contribution >= 4 is 11.9 Å². The number of nitrogens with zero attached hydrogens (tertiary/aromatic N) is 4. The summed E-state index contributed by atoms with van der Waals surface area (Å²) in [4.78, 5) is 25.7. The van der Waals surface area contributed by atoms with Gasteiger partial charge < -0.3 is 14.5 Å². The Bertz CT molecular complexity index is 770. The van der Waals surface area contributed by atoms with Crippen LogP contribution in [0.25, 0.3) is 0 Å². The van der Waals surface area contributed by atoms with Gasteiger partial charge >= 0.3 is 0 Å². The average Bonchev–Trinajstić information content (AvgIpc) is 3.13. The van der Waals surface area contributed by atoms with Gasteiger partial charge in [0.2, 0.25) is 11.9 Å². The fourth-order valence-electron chi connectivity index (χ4n) is 4.60. The standard InChI is InChI=1S/C21H26N4O2/c1-27-13-8-19(26)24-12-9-21(17-6-3-2-4-7-17)16-25(15-18(21)14-24)20-22-10-5-11-23-20/h2-7,10-11,18H,8-9,12-16H2,1H3. The molecule has 0 aliphatic carbocycles. The van der Waals surface area contributed by atoms with Gasteiger partial charge in [-0.3, -0.25) is 4.79 Å². The van der Waals surface area contributed by atoms with Crippen LogP contribution >= 0.6 is 0 Å². The van der Waals surface area contributed by atoms with E-state index in [4.69, 9.17) is 4.74 Å². The van der Waals surface area contributed by atoms with E-state index in [0.29, 0.717) is 18.9 Å². The largest absolute Gasteiger partial charge is 0.384 e. The summed E-state index contributed by atoms with van der Waals surface area (Å²) in [5, 5.41) is 0. The quantitative estimate of drug-likeness (QED) is 0.811. The molecule has 4 rings (SSSR count). The SMILES string of the molecule is COCCC(=O)N1CCC2(c3ccccc3)CN(c3ncccn3)CC2C1. The molecular weight excluding hydrogens is 340 g/mol. The number of methoxy groups -OCH3 is 1. The van der Waals surface area contributed by atoms with Crippen LogP contribution in [0.4, 0.5) is 5.95 Å². The minimum atomic E-state index is 0.0402. The number of carbonyl (C=O) groups excluding carboxylic acids is 1. The van der Waals surface area contributed by atoms with Gasteiger partial charge in [-0.2, -0.15) is 0 Å². The maximum absolute atomic E-state index is 12.5. The number of hydrogen-bond donors (Lipinski definition) is 0. The van der Waals surface area contributed by atoms with E-state index in [1.54, 1.807) is 19.5 Å². The summed E-state index contributed by atoms with van der Waals surface area (Å²) >= 11 is 0. The zero-order chi connectivity index (χ0) is 18.7. The van der Waals surface area contributed by atoms with Gasteiger partial charge in [-0.15, -0.1) is 0 Å². The second-order valence-corrected chi connectivity index (χ2v) is 7.48. The highest BCUT2D eigenvalue weighted by Crippen LogP contribution is 2.45. The molecule has 1 aromatic heterocycles. The zero-order valence-electron chi connectivity index (χ0n) is 15.8. The molecule has 142 valence electrons. The van der Waals surface area contributed by atoms with E-state index < -0.39 is 0 Å². The number of likely N-dealkylation sites (tertiary alicyclic amines) is 1. The summed E-state index contributed by atoms with van der Waals surface area (Å²) in [6.07, 6.45) is 5.00. The highest BCUT2D eigenvalue weighted by atomic mass is 16.5. The Morgan fingerprint density at radius 3 is 2.70 bits per heavy atom. The van der Waals surface area contributed by atoms with Gasteiger partial charge in [-0.1, -0.05) is 30.3 Å². The minimum Gasteiger partial charge on any atom is -0.384 e. The van der Waals surface area contributed by atoms with Crippen molar-refractivity contribution in [2.24, 2.45) is 5.92 Å². The van der Waals surface area contributed by atoms with Crippen LogP contribution in [0.15, 0.2) is 48.8 Å². The molecule has 2 aliphatic heterocycles. The van der Waals surface area contributed by atoms with Crippen LogP contribution in [0, 0.1) is 5.92 Å². The third kappa shape index (κ3) is 3.41. The molecule has 3 heterocycles. The van der Waals surface area contributed by atoms with Crippen molar-refractivity contribution in [3.8, 4) is 0 Å². The summed E-state index contributed by atoms with van der Waals surface area (Å²) < 4.78 is 5.08. The van der Waals surface area contributed by atoms with Gasteiger partial charge in [0.15, 0.2) is 0 Å². The van der Waals surface area contributed by atoms with Crippen LogP contribution in [0.1, 0.15) is 18.4 Å². The number of rotatable bonds is 5. The van der Waals surface area contributed by atoms with Crippen LogP contribution in [0.3, 0.4) is 0 Å². The first-order chi connectivity index (χ1) is 13.2. The van der Waals surface area contributed by atoms with Crippen LogP contribution in [-0.2, 0) is 14.9 Å². The van der Waals surface area contributed by atoms with E-state index in [1.807, 2.05) is 11.0 Å². The lowest BCUT2D eigenvalue weighted by molar-refractivity contribution is -0.134. The maximum Gasteiger partial charge on any atom is 0.225 e. The van der Waals surface area contributed by atoms with Crippen LogP contribution in [0.5, 0.6) is 0 Å². The van der Waals surface area contributed by atoms with Gasteiger partial charge in [0, 0.05) is 57.0 Å². The first kappa shape index (κ1) is 17.9. The first-order valence-corrected chi connectivity index (χ1v) is 9.57. The Morgan fingerprint density at radius 2 is 1.96 bits per heavy atom. The molecule has 6 nitrogen and oxygen atoms in total. The molecule has 2 saturated heterocycles. The van der Waals surface area contributed by atoms with E-state index in [2.05, 4.69) is 45.2 Å². The number of piperidine rings is 1. The third-order valence-corrected chi connectivity index (χ3v) is 6.02. The lowest BCUT2D eigenvalue weighted by Gasteiger charge is -2.44. The van der Waals surface area contributed by atoms with Gasteiger partial charge in [0.1, 0.15) is 0 Å². The lowest BCUT2D eigenvalue weighted by atomic mass is 9.68. The number of ether oxygens (including phenoxy) is 1. The summed E-state index contributed by atoms with van der Waals surface area (Å²) in [5.74, 6) is 1.33. The van der Waals surface area contributed by atoms with Crippen molar-refractivity contribution in [1.82, 2.24) is 14.9 Å². The molecule has 0 spiro atoms. The molecule has 1 aromatic carbocycles. The molecule has 2 aliphatic rings. The van der Waals surface area contributed by atoms with Crippen molar-refractivity contribution < 1.29 is 9.53 Å². The van der Waals surface area contributed by atoms with Crippen LogP contribution in [-0.4, -0.2) is 60.7 Å². The number of benzene rings is 1. The highest BCUT2D eigenvalue weighted by Gasteiger charge is 2.51. The van der Waals surface area contributed by atoms with Gasteiger partial charge in [0.25, 0.3) is 0 Å². The average molecular weight is 366 g/mol. The van der Waals surface area contributed by atoms with Crippen molar-refractivity contribution in [2.45, 2.75) is 18.3 Å². The van der Waals surface area contributed by atoms with E-state index in [-0.39, 0.29) is 11.3 Å². The van der Waals surface area contributed by atoms with Crippen molar-refractivity contribution in [3.63, 3.8) is 0 Å². The molecule has 2 unspecified atom stereocenters. The van der Waals surface area contributed by atoms with Gasteiger partial charge in [-0.25, -0.2) is 9.97 Å². The fraction of sp³-hybridized carbons (Fsp3) is 0.476. The monoisotopic (exact) mass is 366 g/mol. The summed E-state index contributed by atoms with van der Waals surface area (Å²) in [6.45, 7) is 3.81. The van der Waals surface area contributed by atoms with E-state index in [1.165, 1.54) is 5.56 Å². The number of carbonyl (C=O) groups is 1. The predicted molar refractivity (Wildman–Crippen MR) is 104 cm³/mol. The number of aromatic nitrogens is 2. The smallest absolute Gasteiger partial charge is 0.225 e. The molecule has 1 amide bonds.